The SMILES string of the molecule is Cl.O=C1OC(CCCN2CCN(c3ccccc3)CC2)c2ccccc21. The van der Waals surface area contributed by atoms with Crippen molar-refractivity contribution in [2.45, 2.75) is 18.9 Å². The molecule has 1 saturated heterocycles. The first-order chi connectivity index (χ1) is 12.3. The van der Waals surface area contributed by atoms with E-state index in [0.29, 0.717) is 0 Å². The Labute approximate surface area is 161 Å². The zero-order valence-electron chi connectivity index (χ0n) is 14.8. The van der Waals surface area contributed by atoms with Gasteiger partial charge in [-0.05, 0) is 37.6 Å². The number of cyclic esters (lactones) is 1. The Morgan fingerprint density at radius 2 is 1.62 bits per heavy atom. The predicted molar refractivity (Wildman–Crippen MR) is 106 cm³/mol. The third kappa shape index (κ3) is 4.02. The van der Waals surface area contributed by atoms with Crippen molar-refractivity contribution in [1.82, 2.24) is 4.90 Å². The fourth-order valence-corrected chi connectivity index (χ4v) is 3.80. The van der Waals surface area contributed by atoms with Crippen LogP contribution in [-0.4, -0.2) is 43.6 Å². The second kappa shape index (κ2) is 8.56. The third-order valence-corrected chi connectivity index (χ3v) is 5.21. The number of para-hydroxylation sites is 1. The molecule has 0 spiro atoms. The van der Waals surface area contributed by atoms with Gasteiger partial charge in [0.25, 0.3) is 0 Å². The molecule has 0 N–H and O–H groups in total. The molecule has 0 saturated carbocycles. The van der Waals surface area contributed by atoms with E-state index in [-0.39, 0.29) is 24.5 Å². The van der Waals surface area contributed by atoms with Crippen LogP contribution < -0.4 is 4.90 Å². The van der Waals surface area contributed by atoms with Crippen LogP contribution in [-0.2, 0) is 4.74 Å². The molecular weight excluding hydrogens is 348 g/mol. The molecular formula is C21H25ClN2O2. The quantitative estimate of drug-likeness (QED) is 0.745. The minimum atomic E-state index is -0.169. The smallest absolute Gasteiger partial charge is 0.339 e. The fraction of sp³-hybridized carbons (Fsp3) is 0.381. The number of rotatable bonds is 5. The largest absolute Gasteiger partial charge is 0.454 e. The van der Waals surface area contributed by atoms with E-state index in [1.807, 2.05) is 24.3 Å². The average Bonchev–Trinajstić information content (AvgIpc) is 2.99. The Kier molecular flexibility index (Phi) is 6.17. The van der Waals surface area contributed by atoms with Gasteiger partial charge in [0.2, 0.25) is 0 Å². The summed E-state index contributed by atoms with van der Waals surface area (Å²) in [5, 5.41) is 0. The van der Waals surface area contributed by atoms with E-state index in [4.69, 9.17) is 4.74 Å². The Morgan fingerprint density at radius 3 is 2.38 bits per heavy atom. The van der Waals surface area contributed by atoms with Crippen molar-refractivity contribution in [1.29, 1.82) is 0 Å². The summed E-state index contributed by atoms with van der Waals surface area (Å²) in [5.41, 5.74) is 3.11. The first kappa shape index (κ1) is 18.7. The lowest BCUT2D eigenvalue weighted by molar-refractivity contribution is 0.0358. The van der Waals surface area contributed by atoms with Gasteiger partial charge in [-0.3, -0.25) is 4.90 Å². The van der Waals surface area contributed by atoms with Gasteiger partial charge in [-0.25, -0.2) is 4.79 Å². The van der Waals surface area contributed by atoms with Gasteiger partial charge in [0.05, 0.1) is 5.56 Å². The van der Waals surface area contributed by atoms with Crippen molar-refractivity contribution in [3.05, 3.63) is 65.7 Å². The number of nitrogens with zero attached hydrogens (tertiary/aromatic N) is 2. The molecule has 0 aromatic heterocycles. The van der Waals surface area contributed by atoms with E-state index >= 15 is 0 Å². The standard InChI is InChI=1S/C21H24N2O2.ClH/c24-21-19-10-5-4-9-18(19)20(25-21)11-6-12-22-13-15-23(16-14-22)17-7-2-1-3-8-17;/h1-5,7-10,20H,6,11-16H2;1H. The number of esters is 1. The summed E-state index contributed by atoms with van der Waals surface area (Å²) in [5.74, 6) is -0.169. The normalized spacial score (nSPS) is 19.6. The van der Waals surface area contributed by atoms with E-state index in [1.54, 1.807) is 0 Å². The number of halogens is 1. The van der Waals surface area contributed by atoms with Gasteiger partial charge in [-0.2, -0.15) is 0 Å². The molecule has 1 fully saturated rings. The maximum absolute atomic E-state index is 11.9. The Balaban J connectivity index is 0.00000196. The maximum atomic E-state index is 11.9. The van der Waals surface area contributed by atoms with Gasteiger partial charge in [0.1, 0.15) is 6.10 Å². The van der Waals surface area contributed by atoms with Crippen LogP contribution in [0.4, 0.5) is 5.69 Å². The minimum absolute atomic E-state index is 0. The fourth-order valence-electron chi connectivity index (χ4n) is 3.80. The van der Waals surface area contributed by atoms with Crippen molar-refractivity contribution >= 4 is 24.1 Å². The Hall–Kier alpha value is -2.04. The molecule has 1 atom stereocenters. The lowest BCUT2D eigenvalue weighted by atomic mass is 10.0. The van der Waals surface area contributed by atoms with Gasteiger partial charge in [0.15, 0.2) is 0 Å². The Bertz CT molecular complexity index is 730. The molecule has 0 bridgehead atoms. The van der Waals surface area contributed by atoms with Crippen LogP contribution in [0.2, 0.25) is 0 Å². The molecule has 2 aliphatic heterocycles. The van der Waals surface area contributed by atoms with E-state index in [2.05, 4.69) is 40.1 Å². The van der Waals surface area contributed by atoms with E-state index < -0.39 is 0 Å². The molecule has 5 heteroatoms. The summed E-state index contributed by atoms with van der Waals surface area (Å²) in [6.07, 6.45) is 1.90. The van der Waals surface area contributed by atoms with Crippen LogP contribution in [0, 0.1) is 0 Å². The van der Waals surface area contributed by atoms with Crippen molar-refractivity contribution < 1.29 is 9.53 Å². The highest BCUT2D eigenvalue weighted by Crippen LogP contribution is 2.33. The molecule has 0 amide bonds. The first-order valence-electron chi connectivity index (χ1n) is 9.13. The molecule has 1 unspecified atom stereocenters. The summed E-state index contributed by atoms with van der Waals surface area (Å²) in [6.45, 7) is 5.40. The van der Waals surface area contributed by atoms with Crippen molar-refractivity contribution in [2.24, 2.45) is 0 Å². The van der Waals surface area contributed by atoms with Crippen molar-refractivity contribution in [3.8, 4) is 0 Å². The predicted octanol–water partition coefficient (Wildman–Crippen LogP) is 3.92. The molecule has 4 nitrogen and oxygen atoms in total. The van der Waals surface area contributed by atoms with Gasteiger partial charge >= 0.3 is 5.97 Å². The summed E-state index contributed by atoms with van der Waals surface area (Å²) >= 11 is 0. The summed E-state index contributed by atoms with van der Waals surface area (Å²) in [7, 11) is 0. The summed E-state index contributed by atoms with van der Waals surface area (Å²) in [6, 6.07) is 18.4. The molecule has 2 heterocycles. The zero-order chi connectivity index (χ0) is 17.1. The van der Waals surface area contributed by atoms with Crippen LogP contribution in [0.1, 0.15) is 34.9 Å². The van der Waals surface area contributed by atoms with Gasteiger partial charge in [0, 0.05) is 37.4 Å². The zero-order valence-corrected chi connectivity index (χ0v) is 15.7. The highest BCUT2D eigenvalue weighted by atomic mass is 35.5. The van der Waals surface area contributed by atoms with E-state index in [9.17, 15) is 4.79 Å². The number of hydrogen-bond acceptors (Lipinski definition) is 4. The lowest BCUT2D eigenvalue weighted by Crippen LogP contribution is -2.46. The summed E-state index contributed by atoms with van der Waals surface area (Å²) < 4.78 is 5.53. The minimum Gasteiger partial charge on any atom is -0.454 e. The lowest BCUT2D eigenvalue weighted by Gasteiger charge is -2.36. The van der Waals surface area contributed by atoms with Gasteiger partial charge in [-0.1, -0.05) is 36.4 Å². The Morgan fingerprint density at radius 1 is 0.923 bits per heavy atom. The number of fused-ring (bicyclic) bond motifs is 1. The van der Waals surface area contributed by atoms with Gasteiger partial charge < -0.3 is 9.64 Å². The van der Waals surface area contributed by atoms with Gasteiger partial charge in [-0.15, -0.1) is 12.4 Å². The summed E-state index contributed by atoms with van der Waals surface area (Å²) in [4.78, 5) is 16.8. The van der Waals surface area contributed by atoms with E-state index in [1.165, 1.54) is 5.69 Å². The number of ether oxygens (including phenoxy) is 1. The molecule has 4 rings (SSSR count). The van der Waals surface area contributed by atoms with Crippen molar-refractivity contribution in [3.63, 3.8) is 0 Å². The molecule has 2 aromatic carbocycles. The number of carbonyl (C=O) groups is 1. The molecule has 2 aliphatic rings. The topological polar surface area (TPSA) is 32.8 Å². The maximum Gasteiger partial charge on any atom is 0.339 e. The monoisotopic (exact) mass is 372 g/mol. The molecule has 26 heavy (non-hydrogen) atoms. The molecule has 0 radical (unpaired) electrons. The number of anilines is 1. The average molecular weight is 373 g/mol. The van der Waals surface area contributed by atoms with E-state index in [0.717, 1.165) is 56.7 Å². The number of benzene rings is 2. The van der Waals surface area contributed by atoms with Crippen LogP contribution in [0.25, 0.3) is 0 Å². The second-order valence-corrected chi connectivity index (χ2v) is 6.79. The number of piperazine rings is 1. The van der Waals surface area contributed by atoms with Crippen molar-refractivity contribution in [2.75, 3.05) is 37.6 Å². The van der Waals surface area contributed by atoms with Crippen LogP contribution in [0.3, 0.4) is 0 Å². The highest BCUT2D eigenvalue weighted by Gasteiger charge is 2.30. The highest BCUT2D eigenvalue weighted by molar-refractivity contribution is 5.93. The number of hydrogen-bond donors (Lipinski definition) is 0. The molecule has 0 aliphatic carbocycles. The van der Waals surface area contributed by atoms with Crippen LogP contribution >= 0.6 is 12.4 Å². The molecule has 138 valence electrons. The second-order valence-electron chi connectivity index (χ2n) is 6.79. The third-order valence-electron chi connectivity index (χ3n) is 5.21. The molecule has 2 aromatic rings. The van der Waals surface area contributed by atoms with Crippen LogP contribution in [0.5, 0.6) is 0 Å². The number of carbonyl (C=O) groups excluding carboxylic acids is 1. The van der Waals surface area contributed by atoms with Crippen LogP contribution in [0.15, 0.2) is 54.6 Å². The first-order valence-corrected chi connectivity index (χ1v) is 9.13.